The predicted molar refractivity (Wildman–Crippen MR) is 105 cm³/mol. The maximum atomic E-state index is 12.2. The Bertz CT molecular complexity index is 802. The molecule has 0 atom stereocenters. The van der Waals surface area contributed by atoms with Crippen molar-refractivity contribution in [1.29, 1.82) is 0 Å². The van der Waals surface area contributed by atoms with Crippen LogP contribution in [0.5, 0.6) is 5.75 Å². The van der Waals surface area contributed by atoms with Gasteiger partial charge in [0.05, 0.1) is 0 Å². The van der Waals surface area contributed by atoms with Crippen LogP contribution in [0.25, 0.3) is 0 Å². The largest absolute Gasteiger partial charge is 0.435 e. The molecule has 1 saturated heterocycles. The first kappa shape index (κ1) is 20.3. The van der Waals surface area contributed by atoms with Crippen molar-refractivity contribution in [2.24, 2.45) is 0 Å². The zero-order valence-electron chi connectivity index (χ0n) is 15.2. The summed E-state index contributed by atoms with van der Waals surface area (Å²) in [6.07, 6.45) is 3.31. The van der Waals surface area contributed by atoms with Crippen LogP contribution < -0.4 is 4.74 Å². The molecule has 0 radical (unpaired) electrons. The second-order valence-electron chi connectivity index (χ2n) is 6.52. The monoisotopic (exact) mass is 406 g/mol. The van der Waals surface area contributed by atoms with Crippen molar-refractivity contribution in [2.45, 2.75) is 13.2 Å². The first-order chi connectivity index (χ1) is 13.5. The second kappa shape index (κ2) is 9.66. The van der Waals surface area contributed by atoms with Crippen LogP contribution in [0.15, 0.2) is 60.8 Å². The van der Waals surface area contributed by atoms with Crippen LogP contribution in [-0.2, 0) is 6.54 Å². The third-order valence-corrected chi connectivity index (χ3v) is 4.78. The highest BCUT2D eigenvalue weighted by molar-refractivity contribution is 6.30. The van der Waals surface area contributed by atoms with Crippen LogP contribution in [0.2, 0.25) is 5.02 Å². The van der Waals surface area contributed by atoms with Crippen molar-refractivity contribution in [3.05, 3.63) is 77.0 Å². The number of ketones is 1. The van der Waals surface area contributed by atoms with Gasteiger partial charge in [-0.25, -0.2) is 0 Å². The van der Waals surface area contributed by atoms with Crippen molar-refractivity contribution in [3.63, 3.8) is 0 Å². The molecule has 0 aliphatic carbocycles. The summed E-state index contributed by atoms with van der Waals surface area (Å²) >= 11 is 5.91. The maximum absolute atomic E-state index is 12.2. The lowest BCUT2D eigenvalue weighted by atomic mass is 10.1. The molecule has 1 aliphatic heterocycles. The number of nitrogens with zero attached hydrogens (tertiary/aromatic N) is 2. The molecule has 7 heteroatoms. The average molecular weight is 407 g/mol. The van der Waals surface area contributed by atoms with Gasteiger partial charge in [-0.3, -0.25) is 9.69 Å². The van der Waals surface area contributed by atoms with Crippen molar-refractivity contribution >= 4 is 17.4 Å². The average Bonchev–Trinajstić information content (AvgIpc) is 2.69. The van der Waals surface area contributed by atoms with E-state index in [-0.39, 0.29) is 11.5 Å². The summed E-state index contributed by atoms with van der Waals surface area (Å²) in [7, 11) is 0. The molecule has 1 heterocycles. The van der Waals surface area contributed by atoms with Gasteiger partial charge in [-0.2, -0.15) is 8.78 Å². The van der Waals surface area contributed by atoms with Crippen molar-refractivity contribution < 1.29 is 18.3 Å². The minimum atomic E-state index is -2.88. The number of allylic oxidation sites excluding steroid dienone is 1. The van der Waals surface area contributed by atoms with Gasteiger partial charge in [0.2, 0.25) is 0 Å². The minimum Gasteiger partial charge on any atom is -0.435 e. The molecular formula is C21H21ClF2N2O2. The van der Waals surface area contributed by atoms with Gasteiger partial charge in [0, 0.05) is 55.6 Å². The van der Waals surface area contributed by atoms with Gasteiger partial charge in [0.1, 0.15) is 5.75 Å². The highest BCUT2D eigenvalue weighted by Gasteiger charge is 2.15. The van der Waals surface area contributed by atoms with E-state index in [9.17, 15) is 13.6 Å². The van der Waals surface area contributed by atoms with Gasteiger partial charge >= 0.3 is 6.61 Å². The number of hydrogen-bond acceptors (Lipinski definition) is 4. The third-order valence-electron chi connectivity index (χ3n) is 4.53. The molecule has 0 spiro atoms. The SMILES string of the molecule is O=C(C=CN1CCN(Cc2ccc(Cl)cc2)CC1)c1ccc(OC(F)F)cc1. The number of piperazine rings is 1. The van der Waals surface area contributed by atoms with Gasteiger partial charge in [-0.1, -0.05) is 23.7 Å². The third kappa shape index (κ3) is 6.04. The number of carbonyl (C=O) groups excluding carboxylic acids is 1. The van der Waals surface area contributed by atoms with E-state index >= 15 is 0 Å². The molecule has 0 saturated carbocycles. The molecule has 148 valence electrons. The van der Waals surface area contributed by atoms with Crippen molar-refractivity contribution in [3.8, 4) is 5.75 Å². The summed E-state index contributed by atoms with van der Waals surface area (Å²) in [6.45, 7) is 1.47. The Kier molecular flexibility index (Phi) is 7.01. The van der Waals surface area contributed by atoms with Gasteiger partial charge in [0.15, 0.2) is 5.78 Å². The van der Waals surface area contributed by atoms with E-state index in [0.717, 1.165) is 37.7 Å². The standard InChI is InChI=1S/C21H21ClF2N2O2/c22-18-5-1-16(2-6-18)15-26-13-11-25(12-14-26)10-9-20(27)17-3-7-19(8-4-17)28-21(23)24/h1-10,21H,11-15H2. The molecular weight excluding hydrogens is 386 g/mol. The normalized spacial score (nSPS) is 15.4. The summed E-state index contributed by atoms with van der Waals surface area (Å²) < 4.78 is 28.6. The van der Waals surface area contributed by atoms with Crippen molar-refractivity contribution in [2.75, 3.05) is 26.2 Å². The molecule has 4 nitrogen and oxygen atoms in total. The number of ether oxygens (including phenoxy) is 1. The summed E-state index contributed by atoms with van der Waals surface area (Å²) in [5.41, 5.74) is 1.65. The second-order valence-corrected chi connectivity index (χ2v) is 6.96. The fraction of sp³-hybridized carbons (Fsp3) is 0.286. The van der Waals surface area contributed by atoms with Gasteiger partial charge in [-0.15, -0.1) is 0 Å². The molecule has 0 aromatic heterocycles. The van der Waals surface area contributed by atoms with E-state index in [1.165, 1.54) is 35.9 Å². The molecule has 1 fully saturated rings. The van der Waals surface area contributed by atoms with E-state index in [4.69, 9.17) is 11.6 Å². The summed E-state index contributed by atoms with van der Waals surface area (Å²) in [5.74, 6) is -0.139. The fourth-order valence-electron chi connectivity index (χ4n) is 2.99. The minimum absolute atomic E-state index is 0.0346. The van der Waals surface area contributed by atoms with E-state index in [0.29, 0.717) is 5.56 Å². The molecule has 0 unspecified atom stereocenters. The molecule has 2 aromatic rings. The van der Waals surface area contributed by atoms with Crippen LogP contribution in [0.1, 0.15) is 15.9 Å². The molecule has 1 aliphatic rings. The Hall–Kier alpha value is -2.44. The van der Waals surface area contributed by atoms with E-state index in [2.05, 4.69) is 14.5 Å². The molecule has 0 N–H and O–H groups in total. The highest BCUT2D eigenvalue weighted by atomic mass is 35.5. The number of alkyl halides is 2. The molecule has 0 amide bonds. The van der Waals surface area contributed by atoms with Crippen molar-refractivity contribution in [1.82, 2.24) is 9.80 Å². The van der Waals surface area contributed by atoms with Crippen LogP contribution in [0, 0.1) is 0 Å². The maximum Gasteiger partial charge on any atom is 0.387 e. The topological polar surface area (TPSA) is 32.8 Å². The Labute approximate surface area is 168 Å². The number of carbonyl (C=O) groups is 1. The first-order valence-corrected chi connectivity index (χ1v) is 9.35. The zero-order chi connectivity index (χ0) is 19.9. The van der Waals surface area contributed by atoms with E-state index in [1.54, 1.807) is 6.20 Å². The molecule has 28 heavy (non-hydrogen) atoms. The predicted octanol–water partition coefficient (Wildman–Crippen LogP) is 4.46. The van der Waals surface area contributed by atoms with Crippen LogP contribution in [-0.4, -0.2) is 48.4 Å². The Morgan fingerprint density at radius 1 is 1.04 bits per heavy atom. The van der Waals surface area contributed by atoms with Crippen LogP contribution >= 0.6 is 11.6 Å². The number of rotatable bonds is 7. The Balaban J connectivity index is 1.46. The highest BCUT2D eigenvalue weighted by Crippen LogP contribution is 2.16. The smallest absolute Gasteiger partial charge is 0.387 e. The van der Waals surface area contributed by atoms with E-state index < -0.39 is 6.61 Å². The van der Waals surface area contributed by atoms with Gasteiger partial charge in [-0.05, 0) is 42.0 Å². The van der Waals surface area contributed by atoms with Gasteiger partial charge in [0.25, 0.3) is 0 Å². The number of hydrogen-bond donors (Lipinski definition) is 0. The molecule has 2 aromatic carbocycles. The quantitative estimate of drug-likeness (QED) is 0.502. The summed E-state index contributed by atoms with van der Waals surface area (Å²) in [6, 6.07) is 13.5. The Morgan fingerprint density at radius 3 is 2.29 bits per heavy atom. The number of halogens is 3. The van der Waals surface area contributed by atoms with Crippen LogP contribution in [0.4, 0.5) is 8.78 Å². The lowest BCUT2D eigenvalue weighted by molar-refractivity contribution is -0.0498. The van der Waals surface area contributed by atoms with Crippen LogP contribution in [0.3, 0.4) is 0 Å². The first-order valence-electron chi connectivity index (χ1n) is 8.98. The number of benzene rings is 2. The van der Waals surface area contributed by atoms with E-state index in [1.807, 2.05) is 24.3 Å². The molecule has 3 rings (SSSR count). The summed E-state index contributed by atoms with van der Waals surface area (Å²) in [5, 5.41) is 0.736. The Morgan fingerprint density at radius 2 is 1.68 bits per heavy atom. The zero-order valence-corrected chi connectivity index (χ0v) is 16.0. The molecule has 0 bridgehead atoms. The summed E-state index contributed by atoms with van der Waals surface area (Å²) in [4.78, 5) is 16.7. The van der Waals surface area contributed by atoms with Gasteiger partial charge < -0.3 is 9.64 Å². The lowest BCUT2D eigenvalue weighted by Crippen LogP contribution is -2.43. The lowest BCUT2D eigenvalue weighted by Gasteiger charge is -2.34. The fourth-order valence-corrected chi connectivity index (χ4v) is 3.11.